The second-order valence-electron chi connectivity index (χ2n) is 6.17. The fourth-order valence-corrected chi connectivity index (χ4v) is 2.88. The summed E-state index contributed by atoms with van der Waals surface area (Å²) in [6.45, 7) is 3.41. The summed E-state index contributed by atoms with van der Waals surface area (Å²) in [4.78, 5) is 0. The van der Waals surface area contributed by atoms with Crippen LogP contribution in [0.5, 0.6) is 0 Å². The van der Waals surface area contributed by atoms with E-state index in [-0.39, 0.29) is 0 Å². The van der Waals surface area contributed by atoms with Gasteiger partial charge in [-0.05, 0) is 50.0 Å². The molecular formula is C16H23N. The van der Waals surface area contributed by atoms with Gasteiger partial charge < -0.3 is 5.32 Å². The lowest BCUT2D eigenvalue weighted by molar-refractivity contribution is 0.129. The second-order valence-corrected chi connectivity index (χ2v) is 6.17. The highest BCUT2D eigenvalue weighted by molar-refractivity contribution is 5.23. The van der Waals surface area contributed by atoms with E-state index in [0.717, 1.165) is 6.04 Å². The molecule has 0 unspecified atom stereocenters. The van der Waals surface area contributed by atoms with Crippen LogP contribution < -0.4 is 5.32 Å². The van der Waals surface area contributed by atoms with Crippen molar-refractivity contribution in [2.24, 2.45) is 5.41 Å². The molecule has 0 heterocycles. The van der Waals surface area contributed by atoms with Crippen molar-refractivity contribution in [2.45, 2.75) is 51.5 Å². The molecule has 1 N–H and O–H groups in total. The molecule has 17 heavy (non-hydrogen) atoms. The van der Waals surface area contributed by atoms with E-state index in [1.54, 1.807) is 0 Å². The number of aryl methyl sites for hydroxylation is 1. The SMILES string of the molecule is Cc1ccc(CC2(CNC3CC3)CCC2)cc1. The van der Waals surface area contributed by atoms with Crippen LogP contribution >= 0.6 is 0 Å². The van der Waals surface area contributed by atoms with Gasteiger partial charge in [0.2, 0.25) is 0 Å². The van der Waals surface area contributed by atoms with E-state index in [4.69, 9.17) is 0 Å². The third kappa shape index (κ3) is 2.71. The Morgan fingerprint density at radius 2 is 1.88 bits per heavy atom. The minimum absolute atomic E-state index is 0.581. The van der Waals surface area contributed by atoms with E-state index in [1.165, 1.54) is 56.2 Å². The van der Waals surface area contributed by atoms with Crippen LogP contribution in [0.3, 0.4) is 0 Å². The van der Waals surface area contributed by atoms with Gasteiger partial charge in [-0.2, -0.15) is 0 Å². The molecule has 1 nitrogen and oxygen atoms in total. The van der Waals surface area contributed by atoms with Gasteiger partial charge in [-0.1, -0.05) is 36.2 Å². The Morgan fingerprint density at radius 1 is 1.18 bits per heavy atom. The molecule has 0 amide bonds. The molecule has 1 aromatic carbocycles. The molecule has 0 bridgehead atoms. The molecular weight excluding hydrogens is 206 g/mol. The molecule has 92 valence electrons. The fraction of sp³-hybridized carbons (Fsp3) is 0.625. The maximum Gasteiger partial charge on any atom is 0.00684 e. The Labute approximate surface area is 105 Å². The standard InChI is InChI=1S/C16H23N/c1-13-3-5-14(6-4-13)11-16(9-2-10-16)12-17-15-7-8-15/h3-6,15,17H,2,7-12H2,1H3. The maximum atomic E-state index is 3.73. The molecule has 2 fully saturated rings. The first kappa shape index (κ1) is 11.3. The number of rotatable bonds is 5. The van der Waals surface area contributed by atoms with Crippen LogP contribution in [0, 0.1) is 12.3 Å². The summed E-state index contributed by atoms with van der Waals surface area (Å²) in [5, 5.41) is 3.73. The predicted octanol–water partition coefficient (Wildman–Crippen LogP) is 3.46. The van der Waals surface area contributed by atoms with Crippen LogP contribution in [0.15, 0.2) is 24.3 Å². The molecule has 0 spiro atoms. The Morgan fingerprint density at radius 3 is 2.41 bits per heavy atom. The highest BCUT2D eigenvalue weighted by Gasteiger charge is 2.38. The largest absolute Gasteiger partial charge is 0.313 e. The van der Waals surface area contributed by atoms with Crippen LogP contribution in [0.1, 0.15) is 43.2 Å². The highest BCUT2D eigenvalue weighted by Crippen LogP contribution is 2.43. The average molecular weight is 229 g/mol. The van der Waals surface area contributed by atoms with Crippen molar-refractivity contribution in [1.82, 2.24) is 5.32 Å². The van der Waals surface area contributed by atoms with Gasteiger partial charge in [0.05, 0.1) is 0 Å². The van der Waals surface area contributed by atoms with Gasteiger partial charge in [-0.25, -0.2) is 0 Å². The quantitative estimate of drug-likeness (QED) is 0.815. The smallest absolute Gasteiger partial charge is 0.00684 e. The zero-order valence-electron chi connectivity index (χ0n) is 10.8. The van der Waals surface area contributed by atoms with E-state index in [1.807, 2.05) is 0 Å². The topological polar surface area (TPSA) is 12.0 Å². The summed E-state index contributed by atoms with van der Waals surface area (Å²) in [6, 6.07) is 9.97. The number of nitrogens with one attached hydrogen (secondary N) is 1. The Hall–Kier alpha value is -0.820. The lowest BCUT2D eigenvalue weighted by atomic mass is 9.65. The predicted molar refractivity (Wildman–Crippen MR) is 72.2 cm³/mol. The molecule has 0 aliphatic heterocycles. The number of benzene rings is 1. The average Bonchev–Trinajstić information content (AvgIpc) is 3.08. The van der Waals surface area contributed by atoms with E-state index in [0.29, 0.717) is 5.41 Å². The highest BCUT2D eigenvalue weighted by atomic mass is 15.0. The summed E-state index contributed by atoms with van der Waals surface area (Å²) < 4.78 is 0. The van der Waals surface area contributed by atoms with Crippen LogP contribution in [0.2, 0.25) is 0 Å². The summed E-state index contributed by atoms with van der Waals surface area (Å²) in [7, 11) is 0. The minimum Gasteiger partial charge on any atom is -0.313 e. The molecule has 1 heteroatoms. The third-order valence-corrected chi connectivity index (χ3v) is 4.46. The number of hydrogen-bond donors (Lipinski definition) is 1. The molecule has 2 saturated carbocycles. The van der Waals surface area contributed by atoms with Gasteiger partial charge >= 0.3 is 0 Å². The first-order valence-corrected chi connectivity index (χ1v) is 7.05. The van der Waals surface area contributed by atoms with Gasteiger partial charge in [-0.15, -0.1) is 0 Å². The molecule has 0 aromatic heterocycles. The molecule has 0 atom stereocenters. The molecule has 2 aliphatic carbocycles. The van der Waals surface area contributed by atoms with E-state index in [2.05, 4.69) is 36.5 Å². The molecule has 0 radical (unpaired) electrons. The Kier molecular flexibility index (Phi) is 2.96. The van der Waals surface area contributed by atoms with Crippen molar-refractivity contribution in [1.29, 1.82) is 0 Å². The lowest BCUT2D eigenvalue weighted by Gasteiger charge is -2.42. The van der Waals surface area contributed by atoms with E-state index < -0.39 is 0 Å². The van der Waals surface area contributed by atoms with Crippen molar-refractivity contribution in [3.05, 3.63) is 35.4 Å². The van der Waals surface area contributed by atoms with Gasteiger partial charge in [0.25, 0.3) is 0 Å². The monoisotopic (exact) mass is 229 g/mol. The first-order valence-electron chi connectivity index (χ1n) is 7.05. The van der Waals surface area contributed by atoms with E-state index >= 15 is 0 Å². The Bertz CT molecular complexity index is 371. The summed E-state index contributed by atoms with van der Waals surface area (Å²) >= 11 is 0. The fourth-order valence-electron chi connectivity index (χ4n) is 2.88. The maximum absolute atomic E-state index is 3.73. The van der Waals surface area contributed by atoms with Crippen LogP contribution in [0.25, 0.3) is 0 Å². The zero-order chi connectivity index (χ0) is 11.7. The van der Waals surface area contributed by atoms with Crippen LogP contribution in [0.4, 0.5) is 0 Å². The minimum atomic E-state index is 0.581. The molecule has 2 aliphatic rings. The van der Waals surface area contributed by atoms with Crippen molar-refractivity contribution < 1.29 is 0 Å². The second kappa shape index (κ2) is 4.45. The summed E-state index contributed by atoms with van der Waals surface area (Å²) in [6.07, 6.45) is 8.34. The van der Waals surface area contributed by atoms with Crippen LogP contribution in [-0.4, -0.2) is 12.6 Å². The lowest BCUT2D eigenvalue weighted by Crippen LogP contribution is -2.42. The summed E-state index contributed by atoms with van der Waals surface area (Å²) in [5.74, 6) is 0. The van der Waals surface area contributed by atoms with Crippen LogP contribution in [-0.2, 0) is 6.42 Å². The van der Waals surface area contributed by atoms with Crippen molar-refractivity contribution >= 4 is 0 Å². The zero-order valence-corrected chi connectivity index (χ0v) is 10.8. The Balaban J connectivity index is 1.61. The van der Waals surface area contributed by atoms with Gasteiger partial charge in [0.15, 0.2) is 0 Å². The van der Waals surface area contributed by atoms with Gasteiger partial charge in [-0.3, -0.25) is 0 Å². The van der Waals surface area contributed by atoms with Gasteiger partial charge in [0, 0.05) is 12.6 Å². The molecule has 1 aromatic rings. The van der Waals surface area contributed by atoms with Crippen molar-refractivity contribution in [2.75, 3.05) is 6.54 Å². The third-order valence-electron chi connectivity index (χ3n) is 4.46. The molecule has 3 rings (SSSR count). The normalized spacial score (nSPS) is 22.2. The van der Waals surface area contributed by atoms with Crippen molar-refractivity contribution in [3.8, 4) is 0 Å². The first-order chi connectivity index (χ1) is 8.26. The number of hydrogen-bond acceptors (Lipinski definition) is 1. The summed E-state index contributed by atoms with van der Waals surface area (Å²) in [5.41, 5.74) is 3.47. The van der Waals surface area contributed by atoms with Crippen molar-refractivity contribution in [3.63, 3.8) is 0 Å². The van der Waals surface area contributed by atoms with Gasteiger partial charge in [0.1, 0.15) is 0 Å². The van der Waals surface area contributed by atoms with E-state index in [9.17, 15) is 0 Å². The molecule has 0 saturated heterocycles.